The van der Waals surface area contributed by atoms with Crippen LogP contribution >= 0.6 is 0 Å². The van der Waals surface area contributed by atoms with Gasteiger partial charge in [-0.15, -0.1) is 0 Å². The number of aliphatic carboxylic acids is 1. The predicted molar refractivity (Wildman–Crippen MR) is 85.6 cm³/mol. The third-order valence-corrected chi connectivity index (χ3v) is 4.43. The molecule has 0 aromatic rings. The summed E-state index contributed by atoms with van der Waals surface area (Å²) in [4.78, 5) is 24.5. The van der Waals surface area contributed by atoms with E-state index in [1.807, 2.05) is 0 Å². The summed E-state index contributed by atoms with van der Waals surface area (Å²) in [7, 11) is 0. The van der Waals surface area contributed by atoms with Gasteiger partial charge in [0.2, 0.25) is 5.91 Å². The Balaban J connectivity index is 2.10. The maximum absolute atomic E-state index is 12.1. The highest BCUT2D eigenvalue weighted by Gasteiger charge is 2.40. The van der Waals surface area contributed by atoms with Crippen molar-refractivity contribution in [2.24, 2.45) is 0 Å². The van der Waals surface area contributed by atoms with Crippen LogP contribution < -0.4 is 0 Å². The van der Waals surface area contributed by atoms with Crippen LogP contribution in [-0.2, 0) is 9.59 Å². The van der Waals surface area contributed by atoms with E-state index in [1.165, 1.54) is 43.4 Å². The van der Waals surface area contributed by atoms with Crippen molar-refractivity contribution >= 4 is 11.9 Å². The normalized spacial score (nSPS) is 21.3. The Hall–Kier alpha value is -1.10. The van der Waals surface area contributed by atoms with Gasteiger partial charge in [0.1, 0.15) is 0 Å². The molecule has 2 atom stereocenters. The molecule has 0 spiro atoms. The lowest BCUT2D eigenvalue weighted by Gasteiger charge is -2.22. The van der Waals surface area contributed by atoms with Gasteiger partial charge in [0.05, 0.1) is 6.10 Å². The molecular formula is C17H31NO4. The average molecular weight is 313 g/mol. The predicted octanol–water partition coefficient (Wildman–Crippen LogP) is 2.95. The van der Waals surface area contributed by atoms with Crippen molar-refractivity contribution in [3.8, 4) is 0 Å². The van der Waals surface area contributed by atoms with Gasteiger partial charge in [-0.1, -0.05) is 58.3 Å². The van der Waals surface area contributed by atoms with Gasteiger partial charge in [0.25, 0.3) is 0 Å². The maximum Gasteiger partial charge on any atom is 0.329 e. The minimum atomic E-state index is -1.11. The molecule has 128 valence electrons. The molecule has 1 aliphatic heterocycles. The zero-order valence-corrected chi connectivity index (χ0v) is 13.8. The number of hydrogen-bond donors (Lipinski definition) is 2. The molecule has 1 saturated heterocycles. The number of rotatable bonds is 11. The van der Waals surface area contributed by atoms with Gasteiger partial charge in [-0.05, 0) is 12.8 Å². The van der Waals surface area contributed by atoms with E-state index in [9.17, 15) is 14.7 Å². The molecule has 2 N–H and O–H groups in total. The molecule has 5 nitrogen and oxygen atoms in total. The Labute approximate surface area is 133 Å². The fourth-order valence-corrected chi connectivity index (χ4v) is 3.08. The molecule has 0 aliphatic carbocycles. The first-order valence-corrected chi connectivity index (χ1v) is 8.78. The third kappa shape index (κ3) is 6.34. The first kappa shape index (κ1) is 18.9. The number of carboxylic acids is 1. The van der Waals surface area contributed by atoms with Gasteiger partial charge in [-0.25, -0.2) is 4.79 Å². The monoisotopic (exact) mass is 313 g/mol. The van der Waals surface area contributed by atoms with Crippen molar-refractivity contribution in [3.05, 3.63) is 0 Å². The summed E-state index contributed by atoms with van der Waals surface area (Å²) in [5.41, 5.74) is 0. The SMILES string of the molecule is CCCCCCCCCCCC(=O)N1CCC(O)[C@@H]1C(=O)O. The topological polar surface area (TPSA) is 77.8 Å². The van der Waals surface area contributed by atoms with Gasteiger partial charge in [-0.2, -0.15) is 0 Å². The van der Waals surface area contributed by atoms with Crippen molar-refractivity contribution in [1.29, 1.82) is 0 Å². The molecule has 1 unspecified atom stereocenters. The Kier molecular flexibility index (Phi) is 9.13. The van der Waals surface area contributed by atoms with Crippen molar-refractivity contribution in [2.45, 2.75) is 89.7 Å². The molecule has 1 fully saturated rings. The van der Waals surface area contributed by atoms with Crippen LogP contribution in [0.5, 0.6) is 0 Å². The number of carboxylic acid groups (broad SMARTS) is 1. The molecule has 0 saturated carbocycles. The highest BCUT2D eigenvalue weighted by molar-refractivity contribution is 5.84. The second-order valence-electron chi connectivity index (χ2n) is 6.30. The Morgan fingerprint density at radius 1 is 1.00 bits per heavy atom. The summed E-state index contributed by atoms with van der Waals surface area (Å²) in [6.45, 7) is 2.57. The lowest BCUT2D eigenvalue weighted by atomic mass is 10.1. The highest BCUT2D eigenvalue weighted by Crippen LogP contribution is 2.20. The summed E-state index contributed by atoms with van der Waals surface area (Å²) >= 11 is 0. The standard InChI is InChI=1S/C17H31NO4/c1-2-3-4-5-6-7-8-9-10-11-15(20)18-13-12-14(19)16(18)17(21)22/h14,16,19H,2-13H2,1H3,(H,21,22)/t14?,16-/m1/s1. The lowest BCUT2D eigenvalue weighted by Crippen LogP contribution is -2.44. The van der Waals surface area contributed by atoms with E-state index in [-0.39, 0.29) is 5.91 Å². The van der Waals surface area contributed by atoms with Crippen LogP contribution in [0.3, 0.4) is 0 Å². The van der Waals surface area contributed by atoms with Crippen molar-refractivity contribution in [1.82, 2.24) is 4.90 Å². The fraction of sp³-hybridized carbons (Fsp3) is 0.882. The first-order valence-electron chi connectivity index (χ1n) is 8.78. The van der Waals surface area contributed by atoms with E-state index >= 15 is 0 Å². The number of nitrogens with zero attached hydrogens (tertiary/aromatic N) is 1. The average Bonchev–Trinajstić information content (AvgIpc) is 2.87. The summed E-state index contributed by atoms with van der Waals surface area (Å²) in [6.07, 6.45) is 10.5. The van der Waals surface area contributed by atoms with Crippen LogP contribution in [-0.4, -0.2) is 45.7 Å². The fourth-order valence-electron chi connectivity index (χ4n) is 3.08. The van der Waals surface area contributed by atoms with Gasteiger partial charge in [0.15, 0.2) is 6.04 Å². The molecule has 1 heterocycles. The third-order valence-electron chi connectivity index (χ3n) is 4.43. The minimum Gasteiger partial charge on any atom is -0.480 e. The smallest absolute Gasteiger partial charge is 0.329 e. The molecule has 0 aromatic carbocycles. The van der Waals surface area contributed by atoms with Crippen LogP contribution in [0.15, 0.2) is 0 Å². The second-order valence-corrected chi connectivity index (χ2v) is 6.30. The summed E-state index contributed by atoms with van der Waals surface area (Å²) in [5, 5.41) is 18.7. The van der Waals surface area contributed by atoms with Gasteiger partial charge in [0, 0.05) is 13.0 Å². The zero-order chi connectivity index (χ0) is 16.4. The number of amides is 1. The number of carbonyl (C=O) groups is 2. The molecule has 1 amide bonds. The van der Waals surface area contributed by atoms with Gasteiger partial charge >= 0.3 is 5.97 Å². The van der Waals surface area contributed by atoms with E-state index in [4.69, 9.17) is 5.11 Å². The first-order chi connectivity index (χ1) is 10.6. The second kappa shape index (κ2) is 10.6. The van der Waals surface area contributed by atoms with Gasteiger partial charge in [-0.3, -0.25) is 4.79 Å². The van der Waals surface area contributed by atoms with E-state index < -0.39 is 18.1 Å². The number of aliphatic hydroxyl groups is 1. The zero-order valence-electron chi connectivity index (χ0n) is 13.8. The van der Waals surface area contributed by atoms with Crippen LogP contribution in [0, 0.1) is 0 Å². The Morgan fingerprint density at radius 2 is 1.55 bits per heavy atom. The number of aliphatic hydroxyl groups excluding tert-OH is 1. The lowest BCUT2D eigenvalue weighted by molar-refractivity contribution is -0.151. The van der Waals surface area contributed by atoms with E-state index in [0.717, 1.165) is 19.3 Å². The number of unbranched alkanes of at least 4 members (excludes halogenated alkanes) is 8. The maximum atomic E-state index is 12.1. The van der Waals surface area contributed by atoms with Crippen LogP contribution in [0.4, 0.5) is 0 Å². The molecule has 5 heteroatoms. The quantitative estimate of drug-likeness (QED) is 0.575. The Bertz CT molecular complexity index is 346. The van der Waals surface area contributed by atoms with Crippen molar-refractivity contribution in [3.63, 3.8) is 0 Å². The molecular weight excluding hydrogens is 282 g/mol. The molecule has 1 rings (SSSR count). The molecule has 0 bridgehead atoms. The minimum absolute atomic E-state index is 0.133. The van der Waals surface area contributed by atoms with Crippen LogP contribution in [0.25, 0.3) is 0 Å². The largest absolute Gasteiger partial charge is 0.480 e. The molecule has 0 radical (unpaired) electrons. The van der Waals surface area contributed by atoms with E-state index in [2.05, 4.69) is 6.92 Å². The summed E-state index contributed by atoms with van der Waals surface area (Å²) < 4.78 is 0. The number of likely N-dealkylation sites (tertiary alicyclic amines) is 1. The van der Waals surface area contributed by atoms with Crippen molar-refractivity contribution < 1.29 is 19.8 Å². The summed E-state index contributed by atoms with van der Waals surface area (Å²) in [6, 6.07) is -1.05. The van der Waals surface area contributed by atoms with Gasteiger partial charge < -0.3 is 15.1 Å². The number of carbonyl (C=O) groups excluding carboxylic acids is 1. The Morgan fingerprint density at radius 3 is 2.09 bits per heavy atom. The van der Waals surface area contributed by atoms with E-state index in [0.29, 0.717) is 19.4 Å². The highest BCUT2D eigenvalue weighted by atomic mass is 16.4. The van der Waals surface area contributed by atoms with Crippen LogP contribution in [0.2, 0.25) is 0 Å². The van der Waals surface area contributed by atoms with Crippen molar-refractivity contribution in [2.75, 3.05) is 6.54 Å². The molecule has 22 heavy (non-hydrogen) atoms. The van der Waals surface area contributed by atoms with Crippen LogP contribution in [0.1, 0.15) is 77.6 Å². The number of hydrogen-bond acceptors (Lipinski definition) is 3. The molecule has 1 aliphatic rings. The summed E-state index contributed by atoms with van der Waals surface area (Å²) in [5.74, 6) is -1.24. The van der Waals surface area contributed by atoms with E-state index in [1.54, 1.807) is 0 Å². The molecule has 0 aromatic heterocycles.